The van der Waals surface area contributed by atoms with Crippen molar-refractivity contribution in [1.29, 1.82) is 0 Å². The third-order valence-corrected chi connectivity index (χ3v) is 4.93. The first-order chi connectivity index (χ1) is 14.7. The summed E-state index contributed by atoms with van der Waals surface area (Å²) in [7, 11) is 1.63. The highest BCUT2D eigenvalue weighted by atomic mass is 127. The SMILES string of the molecule is COc1ccccc1Oc1ccc(CN=C(N)NC2CCOc3ccccc32)cc1.I. The molecule has 7 heteroatoms. The molecule has 6 nitrogen and oxygen atoms in total. The van der Waals surface area contributed by atoms with Crippen LogP contribution < -0.4 is 25.3 Å². The summed E-state index contributed by atoms with van der Waals surface area (Å²) in [4.78, 5) is 4.48. The first kappa shape index (κ1) is 22.7. The van der Waals surface area contributed by atoms with E-state index in [-0.39, 0.29) is 30.0 Å². The Morgan fingerprint density at radius 1 is 1.03 bits per heavy atom. The Hall–Kier alpha value is -2.94. The first-order valence-electron chi connectivity index (χ1n) is 9.91. The molecule has 0 fully saturated rings. The molecule has 0 amide bonds. The zero-order valence-corrected chi connectivity index (χ0v) is 19.6. The van der Waals surface area contributed by atoms with Crippen LogP contribution >= 0.6 is 24.0 Å². The highest BCUT2D eigenvalue weighted by molar-refractivity contribution is 14.0. The smallest absolute Gasteiger partial charge is 0.189 e. The van der Waals surface area contributed by atoms with Crippen LogP contribution in [0, 0.1) is 0 Å². The molecule has 0 spiro atoms. The first-order valence-corrected chi connectivity index (χ1v) is 9.91. The average molecular weight is 531 g/mol. The number of para-hydroxylation sites is 3. The second kappa shape index (κ2) is 10.9. The number of guanidine groups is 1. The standard InChI is InChI=1S/C24H25N3O3.HI/c1-28-22-8-4-5-9-23(22)30-18-12-10-17(11-13-18)16-26-24(25)27-20-14-15-29-21-7-3-2-6-19(20)21;/h2-13,20H,14-16H2,1H3,(H3,25,26,27);1H. The molecule has 1 unspecified atom stereocenters. The van der Waals surface area contributed by atoms with Crippen molar-refractivity contribution in [1.82, 2.24) is 5.32 Å². The fourth-order valence-electron chi connectivity index (χ4n) is 3.39. The number of methoxy groups -OCH3 is 1. The van der Waals surface area contributed by atoms with E-state index in [1.165, 1.54) is 0 Å². The Balaban J connectivity index is 0.00000272. The van der Waals surface area contributed by atoms with Gasteiger partial charge in [-0.25, -0.2) is 4.99 Å². The van der Waals surface area contributed by atoms with Gasteiger partial charge in [0, 0.05) is 12.0 Å². The van der Waals surface area contributed by atoms with Crippen molar-refractivity contribution in [2.24, 2.45) is 10.7 Å². The fraction of sp³-hybridized carbons (Fsp3) is 0.208. The second-order valence-electron chi connectivity index (χ2n) is 6.97. The predicted molar refractivity (Wildman–Crippen MR) is 133 cm³/mol. The zero-order valence-electron chi connectivity index (χ0n) is 17.3. The number of nitrogens with two attached hydrogens (primary N) is 1. The Morgan fingerprint density at radius 3 is 2.52 bits per heavy atom. The van der Waals surface area contributed by atoms with Crippen LogP contribution in [0.15, 0.2) is 77.8 Å². The predicted octanol–water partition coefficient (Wildman–Crippen LogP) is 5.03. The van der Waals surface area contributed by atoms with Gasteiger partial charge in [0.05, 0.1) is 26.3 Å². The largest absolute Gasteiger partial charge is 0.493 e. The van der Waals surface area contributed by atoms with Crippen molar-refractivity contribution in [2.45, 2.75) is 19.0 Å². The minimum Gasteiger partial charge on any atom is -0.493 e. The van der Waals surface area contributed by atoms with Gasteiger partial charge in [-0.1, -0.05) is 42.5 Å². The molecular formula is C24H26IN3O3. The van der Waals surface area contributed by atoms with Crippen molar-refractivity contribution in [3.05, 3.63) is 83.9 Å². The summed E-state index contributed by atoms with van der Waals surface area (Å²) in [5, 5.41) is 3.31. The van der Waals surface area contributed by atoms with Gasteiger partial charge in [-0.2, -0.15) is 0 Å². The Kier molecular flexibility index (Phi) is 8.00. The molecule has 0 saturated carbocycles. The lowest BCUT2D eigenvalue weighted by Gasteiger charge is -2.26. The molecule has 3 aromatic rings. The van der Waals surface area contributed by atoms with E-state index >= 15 is 0 Å². The lowest BCUT2D eigenvalue weighted by molar-refractivity contribution is 0.262. The molecule has 1 aliphatic rings. The van der Waals surface area contributed by atoms with Gasteiger partial charge >= 0.3 is 0 Å². The lowest BCUT2D eigenvalue weighted by atomic mass is 10.0. The van der Waals surface area contributed by atoms with Crippen LogP contribution in [0.3, 0.4) is 0 Å². The number of halogens is 1. The topological polar surface area (TPSA) is 78.1 Å². The van der Waals surface area contributed by atoms with Crippen molar-refractivity contribution >= 4 is 29.9 Å². The fourth-order valence-corrected chi connectivity index (χ4v) is 3.39. The maximum atomic E-state index is 6.13. The van der Waals surface area contributed by atoms with E-state index in [2.05, 4.69) is 16.4 Å². The molecule has 0 radical (unpaired) electrons. The van der Waals surface area contributed by atoms with E-state index in [0.29, 0.717) is 30.6 Å². The molecule has 0 bridgehead atoms. The Bertz CT molecular complexity index is 1020. The number of hydrogen-bond acceptors (Lipinski definition) is 4. The van der Waals surface area contributed by atoms with Crippen LogP contribution in [0.4, 0.5) is 0 Å². The van der Waals surface area contributed by atoms with Gasteiger partial charge in [-0.05, 0) is 35.9 Å². The van der Waals surface area contributed by atoms with Crippen molar-refractivity contribution < 1.29 is 14.2 Å². The summed E-state index contributed by atoms with van der Waals surface area (Å²) in [6.07, 6.45) is 0.849. The zero-order chi connectivity index (χ0) is 20.8. The third kappa shape index (κ3) is 5.81. The van der Waals surface area contributed by atoms with Crippen LogP contribution in [0.2, 0.25) is 0 Å². The molecule has 1 aliphatic heterocycles. The van der Waals surface area contributed by atoms with Crippen LogP contribution in [0.1, 0.15) is 23.6 Å². The van der Waals surface area contributed by atoms with Crippen LogP contribution in [0.5, 0.6) is 23.0 Å². The third-order valence-electron chi connectivity index (χ3n) is 4.93. The summed E-state index contributed by atoms with van der Waals surface area (Å²) in [6.45, 7) is 1.15. The number of benzene rings is 3. The van der Waals surface area contributed by atoms with E-state index in [9.17, 15) is 0 Å². The average Bonchev–Trinajstić information content (AvgIpc) is 2.79. The summed E-state index contributed by atoms with van der Waals surface area (Å²) in [5.74, 6) is 3.43. The molecule has 0 aromatic heterocycles. The van der Waals surface area contributed by atoms with Gasteiger partial charge in [0.15, 0.2) is 17.5 Å². The molecule has 31 heavy (non-hydrogen) atoms. The summed E-state index contributed by atoms with van der Waals surface area (Å²) >= 11 is 0. The molecule has 1 atom stereocenters. The van der Waals surface area contributed by atoms with Crippen LogP contribution in [-0.4, -0.2) is 19.7 Å². The quantitative estimate of drug-likeness (QED) is 0.265. The highest BCUT2D eigenvalue weighted by Crippen LogP contribution is 2.32. The van der Waals surface area contributed by atoms with Gasteiger partial charge in [-0.15, -0.1) is 24.0 Å². The molecular weight excluding hydrogens is 505 g/mol. The van der Waals surface area contributed by atoms with E-state index in [1.54, 1.807) is 7.11 Å². The maximum absolute atomic E-state index is 6.13. The van der Waals surface area contributed by atoms with E-state index in [0.717, 1.165) is 29.0 Å². The Labute approximate surface area is 199 Å². The van der Waals surface area contributed by atoms with E-state index < -0.39 is 0 Å². The summed E-state index contributed by atoms with van der Waals surface area (Å²) in [5.41, 5.74) is 8.29. The van der Waals surface area contributed by atoms with E-state index in [4.69, 9.17) is 19.9 Å². The molecule has 1 heterocycles. The van der Waals surface area contributed by atoms with Gasteiger partial charge < -0.3 is 25.3 Å². The number of rotatable bonds is 6. The number of hydrogen-bond donors (Lipinski definition) is 2. The van der Waals surface area contributed by atoms with Crippen molar-refractivity contribution in [3.63, 3.8) is 0 Å². The van der Waals surface area contributed by atoms with Crippen LogP contribution in [-0.2, 0) is 6.54 Å². The number of nitrogens with one attached hydrogen (secondary N) is 1. The van der Waals surface area contributed by atoms with E-state index in [1.807, 2.05) is 66.7 Å². The maximum Gasteiger partial charge on any atom is 0.189 e. The van der Waals surface area contributed by atoms with Gasteiger partial charge in [0.2, 0.25) is 0 Å². The monoisotopic (exact) mass is 531 g/mol. The minimum atomic E-state index is 0. The van der Waals surface area contributed by atoms with Gasteiger partial charge in [0.1, 0.15) is 11.5 Å². The molecule has 3 N–H and O–H groups in total. The number of ether oxygens (including phenoxy) is 3. The highest BCUT2D eigenvalue weighted by Gasteiger charge is 2.21. The van der Waals surface area contributed by atoms with Crippen LogP contribution in [0.25, 0.3) is 0 Å². The molecule has 3 aromatic carbocycles. The van der Waals surface area contributed by atoms with Crippen molar-refractivity contribution in [3.8, 4) is 23.0 Å². The molecule has 0 aliphatic carbocycles. The lowest BCUT2D eigenvalue weighted by Crippen LogP contribution is -2.37. The molecule has 4 rings (SSSR count). The number of nitrogens with zero attached hydrogens (tertiary/aromatic N) is 1. The summed E-state index contributed by atoms with van der Waals surface area (Å²) < 4.78 is 16.9. The van der Waals surface area contributed by atoms with Crippen molar-refractivity contribution in [2.75, 3.05) is 13.7 Å². The Morgan fingerprint density at radius 2 is 1.74 bits per heavy atom. The van der Waals surface area contributed by atoms with Gasteiger partial charge in [-0.3, -0.25) is 0 Å². The number of aliphatic imine (C=N–C) groups is 1. The number of fused-ring (bicyclic) bond motifs is 1. The van der Waals surface area contributed by atoms with Gasteiger partial charge in [0.25, 0.3) is 0 Å². The molecule has 162 valence electrons. The molecule has 0 saturated heterocycles. The normalized spacial score (nSPS) is 15.1. The summed E-state index contributed by atoms with van der Waals surface area (Å²) in [6, 6.07) is 23.5. The second-order valence-corrected chi connectivity index (χ2v) is 6.97. The minimum absolute atomic E-state index is 0.